The number of rotatable bonds is 2. The monoisotopic (exact) mass is 365 g/mol. The van der Waals surface area contributed by atoms with E-state index >= 15 is 0 Å². The quantitative estimate of drug-likeness (QED) is 0.774. The highest BCUT2D eigenvalue weighted by Crippen LogP contribution is 2.30. The van der Waals surface area contributed by atoms with Gasteiger partial charge in [0.2, 0.25) is 0 Å². The third-order valence-electron chi connectivity index (χ3n) is 2.36. The average Bonchev–Trinajstić information content (AvgIpc) is 2.36. The van der Waals surface area contributed by atoms with Crippen LogP contribution < -0.4 is 11.1 Å². The van der Waals surface area contributed by atoms with Crippen LogP contribution in [0.4, 0.5) is 17.1 Å². The summed E-state index contributed by atoms with van der Waals surface area (Å²) in [5.74, 6) is 0. The molecule has 3 N–H and O–H groups in total. The highest BCUT2D eigenvalue weighted by atomic mass is 79.9. The summed E-state index contributed by atoms with van der Waals surface area (Å²) in [6, 6.07) is 13.1. The zero-order chi connectivity index (χ0) is 13.1. The molecule has 0 aromatic heterocycles. The Bertz CT molecular complexity index is 633. The number of nitrogens with two attached hydrogens (primary N) is 1. The van der Waals surface area contributed by atoms with Crippen LogP contribution in [0, 0.1) is 11.3 Å². The van der Waals surface area contributed by atoms with Crippen LogP contribution in [-0.4, -0.2) is 0 Å². The first-order chi connectivity index (χ1) is 8.60. The number of nitrogens with zero attached hydrogens (tertiary/aromatic N) is 1. The van der Waals surface area contributed by atoms with E-state index in [1.807, 2.05) is 18.2 Å². The number of hydrogen-bond donors (Lipinski definition) is 2. The molecular formula is C13H9Br2N3. The molecule has 0 atom stereocenters. The van der Waals surface area contributed by atoms with Crippen LogP contribution in [0.15, 0.2) is 45.3 Å². The summed E-state index contributed by atoms with van der Waals surface area (Å²) in [6.07, 6.45) is 0. The lowest BCUT2D eigenvalue weighted by molar-refractivity contribution is 1.45. The Balaban J connectivity index is 2.40. The fourth-order valence-corrected chi connectivity index (χ4v) is 2.21. The number of hydrogen-bond acceptors (Lipinski definition) is 3. The van der Waals surface area contributed by atoms with Crippen LogP contribution in [0.25, 0.3) is 0 Å². The number of nitrogen functional groups attached to an aromatic ring is 1. The van der Waals surface area contributed by atoms with E-state index in [9.17, 15) is 0 Å². The third-order valence-corrected chi connectivity index (χ3v) is 3.55. The molecule has 18 heavy (non-hydrogen) atoms. The summed E-state index contributed by atoms with van der Waals surface area (Å²) in [4.78, 5) is 0. The molecule has 2 rings (SSSR count). The van der Waals surface area contributed by atoms with E-state index in [1.54, 1.807) is 18.2 Å². The molecule has 3 nitrogen and oxygen atoms in total. The Kier molecular flexibility index (Phi) is 3.90. The van der Waals surface area contributed by atoms with E-state index in [-0.39, 0.29) is 0 Å². The number of anilines is 3. The number of nitriles is 1. The van der Waals surface area contributed by atoms with Gasteiger partial charge in [-0.25, -0.2) is 0 Å². The summed E-state index contributed by atoms with van der Waals surface area (Å²) in [7, 11) is 0. The molecule has 0 radical (unpaired) electrons. The van der Waals surface area contributed by atoms with Crippen LogP contribution in [0.3, 0.4) is 0 Å². The average molecular weight is 367 g/mol. The predicted octanol–water partition coefficient (Wildman–Crippen LogP) is 4.41. The molecule has 90 valence electrons. The van der Waals surface area contributed by atoms with Crippen molar-refractivity contribution in [1.82, 2.24) is 0 Å². The van der Waals surface area contributed by atoms with Crippen molar-refractivity contribution >= 4 is 48.9 Å². The van der Waals surface area contributed by atoms with E-state index in [0.29, 0.717) is 11.3 Å². The van der Waals surface area contributed by atoms with Gasteiger partial charge in [0.25, 0.3) is 0 Å². The van der Waals surface area contributed by atoms with Gasteiger partial charge in [-0.2, -0.15) is 5.26 Å². The maximum absolute atomic E-state index is 9.08. The second-order valence-corrected chi connectivity index (χ2v) is 5.44. The zero-order valence-electron chi connectivity index (χ0n) is 9.24. The van der Waals surface area contributed by atoms with Crippen molar-refractivity contribution in [2.75, 3.05) is 11.1 Å². The number of benzene rings is 2. The third kappa shape index (κ3) is 2.84. The van der Waals surface area contributed by atoms with Gasteiger partial charge in [0.15, 0.2) is 0 Å². The molecule has 0 saturated carbocycles. The van der Waals surface area contributed by atoms with E-state index in [4.69, 9.17) is 11.0 Å². The van der Waals surface area contributed by atoms with E-state index in [2.05, 4.69) is 43.2 Å². The molecular weight excluding hydrogens is 358 g/mol. The van der Waals surface area contributed by atoms with Gasteiger partial charge in [-0.15, -0.1) is 0 Å². The molecule has 0 unspecified atom stereocenters. The minimum atomic E-state index is 0.516. The van der Waals surface area contributed by atoms with Gasteiger partial charge >= 0.3 is 0 Å². The normalized spacial score (nSPS) is 9.83. The van der Waals surface area contributed by atoms with Crippen LogP contribution in [0.2, 0.25) is 0 Å². The van der Waals surface area contributed by atoms with Gasteiger partial charge in [-0.05, 0) is 52.3 Å². The summed E-state index contributed by atoms with van der Waals surface area (Å²) in [5, 5.41) is 12.3. The van der Waals surface area contributed by atoms with Crippen molar-refractivity contribution in [3.05, 3.63) is 50.9 Å². The highest BCUT2D eigenvalue weighted by molar-refractivity contribution is 9.11. The SMILES string of the molecule is N#Cc1cc(N)ccc1Nc1cc(Br)ccc1Br. The number of nitrogens with one attached hydrogen (secondary N) is 1. The maximum atomic E-state index is 9.08. The van der Waals surface area contributed by atoms with Crippen molar-refractivity contribution in [2.24, 2.45) is 0 Å². The van der Waals surface area contributed by atoms with Crippen LogP contribution in [0.5, 0.6) is 0 Å². The first kappa shape index (κ1) is 12.9. The Morgan fingerprint density at radius 2 is 1.83 bits per heavy atom. The molecule has 2 aromatic carbocycles. The first-order valence-corrected chi connectivity index (χ1v) is 6.70. The fourth-order valence-electron chi connectivity index (χ4n) is 1.50. The molecule has 0 amide bonds. The van der Waals surface area contributed by atoms with E-state index < -0.39 is 0 Å². The Morgan fingerprint density at radius 1 is 1.06 bits per heavy atom. The van der Waals surface area contributed by atoms with Crippen LogP contribution >= 0.6 is 31.9 Å². The summed E-state index contributed by atoms with van der Waals surface area (Å²) in [5.41, 5.74) is 8.35. The van der Waals surface area contributed by atoms with Gasteiger partial charge in [0, 0.05) is 14.6 Å². The smallest absolute Gasteiger partial charge is 0.101 e. The molecule has 2 aromatic rings. The second kappa shape index (κ2) is 5.42. The molecule has 5 heteroatoms. The molecule has 0 aliphatic carbocycles. The molecule has 0 aliphatic heterocycles. The van der Waals surface area contributed by atoms with Gasteiger partial charge in [0.05, 0.1) is 16.9 Å². The minimum absolute atomic E-state index is 0.516. The topological polar surface area (TPSA) is 61.8 Å². The lowest BCUT2D eigenvalue weighted by Crippen LogP contribution is -1.96. The van der Waals surface area contributed by atoms with Crippen LogP contribution in [-0.2, 0) is 0 Å². The Labute approximate surface area is 122 Å². The lowest BCUT2D eigenvalue weighted by atomic mass is 10.1. The van der Waals surface area contributed by atoms with Crippen molar-refractivity contribution in [2.45, 2.75) is 0 Å². The predicted molar refractivity (Wildman–Crippen MR) is 80.7 cm³/mol. The standard InChI is InChI=1S/C13H9Br2N3/c14-9-1-3-11(15)13(6-9)18-12-4-2-10(17)5-8(12)7-16/h1-6,18H,17H2. The largest absolute Gasteiger partial charge is 0.399 e. The summed E-state index contributed by atoms with van der Waals surface area (Å²) >= 11 is 6.87. The van der Waals surface area contributed by atoms with E-state index in [1.165, 1.54) is 0 Å². The van der Waals surface area contributed by atoms with Gasteiger partial charge in [0.1, 0.15) is 6.07 Å². The molecule has 0 fully saturated rings. The second-order valence-electron chi connectivity index (χ2n) is 3.67. The lowest BCUT2D eigenvalue weighted by Gasteiger charge is -2.11. The molecule has 0 heterocycles. The highest BCUT2D eigenvalue weighted by Gasteiger charge is 2.06. The fraction of sp³-hybridized carbons (Fsp3) is 0. The molecule has 0 spiro atoms. The van der Waals surface area contributed by atoms with Gasteiger partial charge in [-0.3, -0.25) is 0 Å². The van der Waals surface area contributed by atoms with Gasteiger partial charge < -0.3 is 11.1 Å². The molecule has 0 aliphatic rings. The Hall–Kier alpha value is -1.51. The minimum Gasteiger partial charge on any atom is -0.399 e. The summed E-state index contributed by atoms with van der Waals surface area (Å²) < 4.78 is 1.88. The van der Waals surface area contributed by atoms with Gasteiger partial charge in [-0.1, -0.05) is 15.9 Å². The van der Waals surface area contributed by atoms with E-state index in [0.717, 1.165) is 20.3 Å². The maximum Gasteiger partial charge on any atom is 0.101 e. The van der Waals surface area contributed by atoms with Crippen molar-refractivity contribution in [1.29, 1.82) is 5.26 Å². The number of halogens is 2. The van der Waals surface area contributed by atoms with Crippen molar-refractivity contribution in [3.8, 4) is 6.07 Å². The van der Waals surface area contributed by atoms with Crippen LogP contribution in [0.1, 0.15) is 5.56 Å². The Morgan fingerprint density at radius 3 is 2.56 bits per heavy atom. The van der Waals surface area contributed by atoms with Crippen molar-refractivity contribution < 1.29 is 0 Å². The zero-order valence-corrected chi connectivity index (χ0v) is 12.4. The molecule has 0 bridgehead atoms. The molecule has 0 saturated heterocycles. The summed E-state index contributed by atoms with van der Waals surface area (Å²) in [6.45, 7) is 0. The first-order valence-electron chi connectivity index (χ1n) is 5.12. The van der Waals surface area contributed by atoms with Crippen molar-refractivity contribution in [3.63, 3.8) is 0 Å².